The van der Waals surface area contributed by atoms with Crippen LogP contribution in [0.1, 0.15) is 10.1 Å². The second-order valence-corrected chi connectivity index (χ2v) is 6.46. The summed E-state index contributed by atoms with van der Waals surface area (Å²) in [7, 11) is 0. The monoisotopic (exact) mass is 287 g/mol. The van der Waals surface area contributed by atoms with E-state index in [1.165, 1.54) is 23.5 Å². The summed E-state index contributed by atoms with van der Waals surface area (Å²) in [5, 5.41) is 0.120. The largest absolute Gasteiger partial charge is 0.329 e. The summed E-state index contributed by atoms with van der Waals surface area (Å²) < 4.78 is 13.8. The van der Waals surface area contributed by atoms with Crippen LogP contribution in [0.15, 0.2) is 41.3 Å². The van der Waals surface area contributed by atoms with Gasteiger partial charge < -0.3 is 5.73 Å². The molecule has 0 bridgehead atoms. The van der Waals surface area contributed by atoms with Gasteiger partial charge in [-0.1, -0.05) is 17.7 Å². The highest BCUT2D eigenvalue weighted by Gasteiger charge is 2.13. The predicted molar refractivity (Wildman–Crippen MR) is 73.4 cm³/mol. The summed E-state index contributed by atoms with van der Waals surface area (Å²) >= 11 is 8.97. The molecule has 1 atom stereocenters. The maximum Gasteiger partial charge on any atom is 0.124 e. The van der Waals surface area contributed by atoms with Gasteiger partial charge in [0.1, 0.15) is 5.82 Å². The Balaban J connectivity index is 2.15. The van der Waals surface area contributed by atoms with Crippen molar-refractivity contribution in [2.24, 2.45) is 5.73 Å². The van der Waals surface area contributed by atoms with Gasteiger partial charge in [0.2, 0.25) is 0 Å². The van der Waals surface area contributed by atoms with Gasteiger partial charge in [-0.2, -0.15) is 0 Å². The van der Waals surface area contributed by atoms with Crippen LogP contribution in [0.25, 0.3) is 0 Å². The zero-order chi connectivity index (χ0) is 12.3. The third-order valence-electron chi connectivity index (χ3n) is 2.20. The van der Waals surface area contributed by atoms with Crippen LogP contribution in [0.4, 0.5) is 4.39 Å². The van der Waals surface area contributed by atoms with Crippen molar-refractivity contribution in [1.82, 2.24) is 0 Å². The number of rotatable bonds is 4. The number of hydrogen-bond donors (Lipinski definition) is 1. The van der Waals surface area contributed by atoms with Crippen molar-refractivity contribution in [1.29, 1.82) is 0 Å². The van der Waals surface area contributed by atoms with Gasteiger partial charge in [-0.25, -0.2) is 4.39 Å². The maximum atomic E-state index is 13.1. The van der Waals surface area contributed by atoms with Crippen molar-refractivity contribution in [3.05, 3.63) is 51.4 Å². The number of hydrogen-bond acceptors (Lipinski definition) is 3. The van der Waals surface area contributed by atoms with E-state index >= 15 is 0 Å². The highest BCUT2D eigenvalue weighted by atomic mass is 35.5. The standard InChI is InChI=1S/C12H11ClFNS2/c13-12-5-4-10(17-12)11(7-15)16-9-3-1-2-8(14)6-9/h1-6,11H,7,15H2. The Morgan fingerprint density at radius 1 is 1.35 bits per heavy atom. The fourth-order valence-corrected chi connectivity index (χ4v) is 3.73. The molecule has 1 heterocycles. The van der Waals surface area contributed by atoms with Gasteiger partial charge >= 0.3 is 0 Å². The molecule has 2 N–H and O–H groups in total. The summed E-state index contributed by atoms with van der Waals surface area (Å²) in [4.78, 5) is 2.00. The van der Waals surface area contributed by atoms with Gasteiger partial charge in [0.15, 0.2) is 0 Å². The van der Waals surface area contributed by atoms with Crippen LogP contribution in [0.2, 0.25) is 4.34 Å². The average molecular weight is 288 g/mol. The number of thiophene rings is 1. The third kappa shape index (κ3) is 3.45. The van der Waals surface area contributed by atoms with Crippen LogP contribution >= 0.6 is 34.7 Å². The van der Waals surface area contributed by atoms with Crippen molar-refractivity contribution in [3.63, 3.8) is 0 Å². The Bertz CT molecular complexity index is 501. The minimum atomic E-state index is -0.227. The SMILES string of the molecule is NCC(Sc1cccc(F)c1)c1ccc(Cl)s1. The Morgan fingerprint density at radius 3 is 2.76 bits per heavy atom. The molecule has 0 saturated heterocycles. The molecule has 0 fully saturated rings. The number of nitrogens with two attached hydrogens (primary N) is 1. The van der Waals surface area contributed by atoms with E-state index in [2.05, 4.69) is 0 Å². The molecule has 2 rings (SSSR count). The van der Waals surface area contributed by atoms with Crippen LogP contribution in [-0.2, 0) is 0 Å². The van der Waals surface area contributed by atoms with E-state index in [4.69, 9.17) is 17.3 Å². The molecular formula is C12H11ClFNS2. The normalized spacial score (nSPS) is 12.6. The molecule has 17 heavy (non-hydrogen) atoms. The number of thioether (sulfide) groups is 1. The summed E-state index contributed by atoms with van der Waals surface area (Å²) in [6, 6.07) is 10.4. The van der Waals surface area contributed by atoms with Crippen LogP contribution in [0.3, 0.4) is 0 Å². The van der Waals surface area contributed by atoms with Crippen molar-refractivity contribution in [2.45, 2.75) is 10.1 Å². The van der Waals surface area contributed by atoms with E-state index in [1.807, 2.05) is 18.2 Å². The Labute approximate surface area is 113 Å². The first-order chi connectivity index (χ1) is 8.19. The lowest BCUT2D eigenvalue weighted by Gasteiger charge is -2.12. The van der Waals surface area contributed by atoms with E-state index in [0.29, 0.717) is 6.54 Å². The van der Waals surface area contributed by atoms with E-state index in [0.717, 1.165) is 14.1 Å². The fraction of sp³-hybridized carbons (Fsp3) is 0.167. The molecule has 90 valence electrons. The topological polar surface area (TPSA) is 26.0 Å². The summed E-state index contributed by atoms with van der Waals surface area (Å²) in [6.45, 7) is 0.498. The molecule has 0 aliphatic carbocycles. The predicted octanol–water partition coefficient (Wildman–Crippen LogP) is 4.33. The van der Waals surface area contributed by atoms with Crippen LogP contribution in [0, 0.1) is 5.82 Å². The second-order valence-electron chi connectivity index (χ2n) is 3.44. The number of halogens is 2. The summed E-state index contributed by atoms with van der Waals surface area (Å²) in [6.07, 6.45) is 0. The van der Waals surface area contributed by atoms with Crippen molar-refractivity contribution in [3.8, 4) is 0 Å². The molecule has 0 saturated carbocycles. The summed E-state index contributed by atoms with van der Waals surface area (Å²) in [5.74, 6) is -0.227. The minimum absolute atomic E-state index is 0.120. The molecule has 0 spiro atoms. The van der Waals surface area contributed by atoms with E-state index in [9.17, 15) is 4.39 Å². The lowest BCUT2D eigenvalue weighted by molar-refractivity contribution is 0.624. The fourth-order valence-electron chi connectivity index (χ4n) is 1.43. The molecular weight excluding hydrogens is 277 g/mol. The van der Waals surface area contributed by atoms with Gasteiger partial charge in [-0.15, -0.1) is 23.1 Å². The Morgan fingerprint density at radius 2 is 2.18 bits per heavy atom. The molecule has 0 aliphatic rings. The minimum Gasteiger partial charge on any atom is -0.329 e. The first kappa shape index (κ1) is 12.9. The first-order valence-corrected chi connectivity index (χ1v) is 7.14. The van der Waals surface area contributed by atoms with Crippen LogP contribution in [0.5, 0.6) is 0 Å². The summed E-state index contributed by atoms with van der Waals surface area (Å²) in [5.41, 5.74) is 5.75. The van der Waals surface area contributed by atoms with Gasteiger partial charge in [-0.05, 0) is 30.3 Å². The smallest absolute Gasteiger partial charge is 0.124 e. The molecule has 1 unspecified atom stereocenters. The lowest BCUT2D eigenvalue weighted by Crippen LogP contribution is -2.07. The number of benzene rings is 1. The molecule has 0 radical (unpaired) electrons. The second kappa shape index (κ2) is 5.87. The zero-order valence-corrected chi connectivity index (χ0v) is 11.3. The molecule has 2 aromatic rings. The van der Waals surface area contributed by atoms with Gasteiger partial charge in [0, 0.05) is 16.3 Å². The Kier molecular flexibility index (Phi) is 4.45. The molecule has 5 heteroatoms. The molecule has 1 aromatic carbocycles. The van der Waals surface area contributed by atoms with Gasteiger partial charge in [-0.3, -0.25) is 0 Å². The molecule has 0 amide bonds. The zero-order valence-electron chi connectivity index (χ0n) is 8.90. The Hall–Kier alpha value is -0.550. The quantitative estimate of drug-likeness (QED) is 0.847. The highest BCUT2D eigenvalue weighted by molar-refractivity contribution is 7.99. The van der Waals surface area contributed by atoms with Crippen molar-refractivity contribution < 1.29 is 4.39 Å². The van der Waals surface area contributed by atoms with Crippen LogP contribution < -0.4 is 5.73 Å². The van der Waals surface area contributed by atoms with E-state index in [1.54, 1.807) is 17.8 Å². The molecule has 1 aromatic heterocycles. The van der Waals surface area contributed by atoms with Crippen molar-refractivity contribution in [2.75, 3.05) is 6.54 Å². The average Bonchev–Trinajstić information content (AvgIpc) is 2.73. The molecule has 0 aliphatic heterocycles. The third-order valence-corrected chi connectivity index (χ3v) is 4.95. The van der Waals surface area contributed by atoms with Crippen molar-refractivity contribution >= 4 is 34.7 Å². The highest BCUT2D eigenvalue weighted by Crippen LogP contribution is 2.38. The lowest BCUT2D eigenvalue weighted by atomic mass is 10.3. The van der Waals surface area contributed by atoms with Crippen LogP contribution in [-0.4, -0.2) is 6.54 Å². The molecule has 1 nitrogen and oxygen atoms in total. The first-order valence-electron chi connectivity index (χ1n) is 5.06. The van der Waals surface area contributed by atoms with Gasteiger partial charge in [0.05, 0.1) is 9.59 Å². The van der Waals surface area contributed by atoms with E-state index in [-0.39, 0.29) is 11.1 Å². The van der Waals surface area contributed by atoms with E-state index < -0.39 is 0 Å². The maximum absolute atomic E-state index is 13.1. The van der Waals surface area contributed by atoms with Gasteiger partial charge in [0.25, 0.3) is 0 Å².